The van der Waals surface area contributed by atoms with Gasteiger partial charge in [-0.25, -0.2) is 9.67 Å². The lowest BCUT2D eigenvalue weighted by Gasteiger charge is -1.95. The number of nitrogens with one attached hydrogen (secondary N) is 1. The third-order valence-corrected chi connectivity index (χ3v) is 2.78. The van der Waals surface area contributed by atoms with Crippen LogP contribution in [-0.2, 0) is 13.1 Å². The van der Waals surface area contributed by atoms with Gasteiger partial charge in [-0.3, -0.25) is 0 Å². The molecule has 0 fully saturated rings. The van der Waals surface area contributed by atoms with E-state index in [2.05, 4.69) is 27.5 Å². The molecule has 1 aromatic carbocycles. The molecule has 0 spiro atoms. The van der Waals surface area contributed by atoms with Gasteiger partial charge < -0.3 is 9.73 Å². The van der Waals surface area contributed by atoms with Crippen LogP contribution >= 0.6 is 0 Å². The normalized spacial score (nSPS) is 11.2. The Hall–Kier alpha value is -2.21. The zero-order valence-electron chi connectivity index (χ0n) is 10.7. The van der Waals surface area contributed by atoms with Gasteiger partial charge in [-0.05, 0) is 18.7 Å². The largest absolute Gasteiger partial charge is 0.439 e. The van der Waals surface area contributed by atoms with Crippen LogP contribution in [0.2, 0.25) is 0 Å². The van der Waals surface area contributed by atoms with E-state index < -0.39 is 0 Å². The van der Waals surface area contributed by atoms with Gasteiger partial charge in [-0.1, -0.05) is 24.3 Å². The Kier molecular flexibility index (Phi) is 3.24. The zero-order chi connectivity index (χ0) is 13.1. The maximum atomic E-state index is 5.65. The molecule has 0 bridgehead atoms. The summed E-state index contributed by atoms with van der Waals surface area (Å²) in [6, 6.07) is 7.71. The summed E-state index contributed by atoms with van der Waals surface area (Å²) < 4.78 is 7.38. The molecule has 0 unspecified atom stereocenters. The lowest BCUT2D eigenvalue weighted by molar-refractivity contribution is 0.485. The first-order valence-electron chi connectivity index (χ1n) is 6.29. The van der Waals surface area contributed by atoms with Crippen molar-refractivity contribution in [3.05, 3.63) is 42.0 Å². The van der Waals surface area contributed by atoms with E-state index >= 15 is 0 Å². The molecule has 0 radical (unpaired) electrons. The van der Waals surface area contributed by atoms with Crippen molar-refractivity contribution in [1.82, 2.24) is 25.3 Å². The Morgan fingerprint density at radius 3 is 3.05 bits per heavy atom. The van der Waals surface area contributed by atoms with Gasteiger partial charge in [0.1, 0.15) is 12.1 Å². The van der Waals surface area contributed by atoms with Gasteiger partial charge in [0.05, 0.1) is 11.9 Å². The fourth-order valence-electron chi connectivity index (χ4n) is 1.88. The van der Waals surface area contributed by atoms with Crippen molar-refractivity contribution >= 4 is 11.1 Å². The average Bonchev–Trinajstić information content (AvgIpc) is 3.02. The summed E-state index contributed by atoms with van der Waals surface area (Å²) in [5.41, 5.74) is 2.58. The molecule has 98 valence electrons. The molecule has 19 heavy (non-hydrogen) atoms. The van der Waals surface area contributed by atoms with Crippen molar-refractivity contribution in [2.75, 3.05) is 6.54 Å². The molecule has 0 amide bonds. The summed E-state index contributed by atoms with van der Waals surface area (Å²) in [5, 5.41) is 11.4. The van der Waals surface area contributed by atoms with Gasteiger partial charge in [-0.15, -0.1) is 5.10 Å². The minimum Gasteiger partial charge on any atom is -0.439 e. The van der Waals surface area contributed by atoms with Crippen LogP contribution in [0.5, 0.6) is 0 Å². The molecule has 1 N–H and O–H groups in total. The van der Waals surface area contributed by atoms with E-state index in [1.165, 1.54) is 0 Å². The van der Waals surface area contributed by atoms with Gasteiger partial charge in [0.25, 0.3) is 0 Å². The van der Waals surface area contributed by atoms with Crippen molar-refractivity contribution in [2.24, 2.45) is 0 Å². The molecular formula is C13H15N5O. The Morgan fingerprint density at radius 1 is 1.32 bits per heavy atom. The van der Waals surface area contributed by atoms with Crippen LogP contribution in [-0.4, -0.2) is 26.5 Å². The number of fused-ring (bicyclic) bond motifs is 1. The Balaban J connectivity index is 1.75. The van der Waals surface area contributed by atoms with Gasteiger partial charge in [0, 0.05) is 6.54 Å². The Morgan fingerprint density at radius 2 is 2.21 bits per heavy atom. The fraction of sp³-hybridized carbons (Fsp3) is 0.308. The molecule has 6 heteroatoms. The Bertz CT molecular complexity index is 639. The number of hydrogen-bond donors (Lipinski definition) is 1. The molecule has 0 aliphatic carbocycles. The predicted molar refractivity (Wildman–Crippen MR) is 70.5 cm³/mol. The second kappa shape index (κ2) is 5.19. The number of para-hydroxylation sites is 2. The van der Waals surface area contributed by atoms with Gasteiger partial charge in [0.15, 0.2) is 5.58 Å². The Labute approximate surface area is 110 Å². The molecule has 3 rings (SSSR count). The molecule has 3 aromatic rings. The third-order valence-electron chi connectivity index (χ3n) is 2.78. The van der Waals surface area contributed by atoms with E-state index in [0.29, 0.717) is 12.4 Å². The lowest BCUT2D eigenvalue weighted by Crippen LogP contribution is -2.11. The van der Waals surface area contributed by atoms with E-state index in [9.17, 15) is 0 Å². The second-order valence-electron chi connectivity index (χ2n) is 4.26. The highest BCUT2D eigenvalue weighted by molar-refractivity contribution is 5.72. The molecule has 2 heterocycles. The number of hydrogen-bond acceptors (Lipinski definition) is 5. The second-order valence-corrected chi connectivity index (χ2v) is 4.26. The van der Waals surface area contributed by atoms with Crippen LogP contribution in [0.1, 0.15) is 18.5 Å². The van der Waals surface area contributed by atoms with Crippen molar-refractivity contribution in [3.63, 3.8) is 0 Å². The molecule has 0 atom stereocenters. The van der Waals surface area contributed by atoms with Crippen LogP contribution in [0.15, 0.2) is 34.9 Å². The van der Waals surface area contributed by atoms with E-state index in [1.54, 1.807) is 4.68 Å². The average molecular weight is 257 g/mol. The van der Waals surface area contributed by atoms with E-state index in [1.807, 2.05) is 30.5 Å². The molecule has 2 aromatic heterocycles. The van der Waals surface area contributed by atoms with Gasteiger partial charge >= 0.3 is 0 Å². The fourth-order valence-corrected chi connectivity index (χ4v) is 1.88. The summed E-state index contributed by atoms with van der Waals surface area (Å²) in [7, 11) is 0. The SMILES string of the molecule is CCNCc1cn(Cc2nc3ccccc3o2)nn1. The van der Waals surface area contributed by atoms with E-state index in [-0.39, 0.29) is 0 Å². The number of benzene rings is 1. The topological polar surface area (TPSA) is 68.8 Å². The summed E-state index contributed by atoms with van der Waals surface area (Å²) in [4.78, 5) is 4.41. The van der Waals surface area contributed by atoms with E-state index in [4.69, 9.17) is 4.42 Å². The first kappa shape index (κ1) is 11.9. The monoisotopic (exact) mass is 257 g/mol. The number of aromatic nitrogens is 4. The van der Waals surface area contributed by atoms with Crippen molar-refractivity contribution in [2.45, 2.75) is 20.0 Å². The zero-order valence-corrected chi connectivity index (χ0v) is 10.7. The highest BCUT2D eigenvalue weighted by Crippen LogP contribution is 2.15. The summed E-state index contributed by atoms with van der Waals surface area (Å²) in [6.07, 6.45) is 1.90. The first-order chi connectivity index (χ1) is 9.35. The number of rotatable bonds is 5. The summed E-state index contributed by atoms with van der Waals surface area (Å²) in [6.45, 7) is 4.19. The standard InChI is InChI=1S/C13H15N5O/c1-2-14-7-10-8-18(17-16-10)9-13-15-11-5-3-4-6-12(11)19-13/h3-6,8,14H,2,7,9H2,1H3. The van der Waals surface area contributed by atoms with Crippen LogP contribution in [0.25, 0.3) is 11.1 Å². The van der Waals surface area contributed by atoms with Crippen molar-refractivity contribution in [3.8, 4) is 0 Å². The molecule has 6 nitrogen and oxygen atoms in total. The first-order valence-corrected chi connectivity index (χ1v) is 6.29. The predicted octanol–water partition coefficient (Wildman–Crippen LogP) is 1.58. The summed E-state index contributed by atoms with van der Waals surface area (Å²) >= 11 is 0. The van der Waals surface area contributed by atoms with Crippen LogP contribution < -0.4 is 5.32 Å². The van der Waals surface area contributed by atoms with Crippen LogP contribution in [0.4, 0.5) is 0 Å². The molecule has 0 saturated carbocycles. The highest BCUT2D eigenvalue weighted by Gasteiger charge is 2.07. The minimum absolute atomic E-state index is 0.494. The van der Waals surface area contributed by atoms with Gasteiger partial charge in [0.2, 0.25) is 5.89 Å². The number of oxazole rings is 1. The highest BCUT2D eigenvalue weighted by atomic mass is 16.3. The minimum atomic E-state index is 0.494. The van der Waals surface area contributed by atoms with E-state index in [0.717, 1.165) is 29.9 Å². The maximum absolute atomic E-state index is 5.65. The van der Waals surface area contributed by atoms with Crippen LogP contribution in [0.3, 0.4) is 0 Å². The summed E-state index contributed by atoms with van der Waals surface area (Å²) in [5.74, 6) is 0.640. The van der Waals surface area contributed by atoms with Crippen molar-refractivity contribution in [1.29, 1.82) is 0 Å². The molecular weight excluding hydrogens is 242 g/mol. The quantitative estimate of drug-likeness (QED) is 0.751. The van der Waals surface area contributed by atoms with Crippen molar-refractivity contribution < 1.29 is 4.42 Å². The third kappa shape index (κ3) is 2.63. The molecule has 0 aliphatic rings. The smallest absolute Gasteiger partial charge is 0.217 e. The molecule has 0 aliphatic heterocycles. The number of nitrogens with zero attached hydrogens (tertiary/aromatic N) is 4. The molecule has 0 saturated heterocycles. The lowest BCUT2D eigenvalue weighted by atomic mass is 10.3. The van der Waals surface area contributed by atoms with Gasteiger partial charge in [-0.2, -0.15) is 0 Å². The maximum Gasteiger partial charge on any atom is 0.217 e. The van der Waals surface area contributed by atoms with Crippen LogP contribution in [0, 0.1) is 0 Å².